The lowest BCUT2D eigenvalue weighted by molar-refractivity contribution is 0.0910. The number of nitrogens with one attached hydrogen (secondary N) is 2. The number of rotatable bonds is 2. The molecule has 1 aromatic carbocycles. The molecule has 1 saturated heterocycles. The number of hydrogen-bond donors (Lipinski definition) is 2. The van der Waals surface area contributed by atoms with Crippen LogP contribution in [0.2, 0.25) is 0 Å². The molecule has 7 heteroatoms. The van der Waals surface area contributed by atoms with Crippen LogP contribution in [-0.2, 0) is 9.84 Å². The first-order chi connectivity index (χ1) is 10.3. The fourth-order valence-corrected chi connectivity index (χ4v) is 4.88. The minimum atomic E-state index is -3.11. The van der Waals surface area contributed by atoms with Gasteiger partial charge in [-0.3, -0.25) is 9.59 Å². The van der Waals surface area contributed by atoms with Gasteiger partial charge in [-0.05, 0) is 30.9 Å². The number of aromatic amines is 1. The Morgan fingerprint density at radius 1 is 1.32 bits per heavy atom. The van der Waals surface area contributed by atoms with E-state index in [2.05, 4.69) is 10.3 Å². The molecule has 1 atom stereocenters. The van der Waals surface area contributed by atoms with Crippen LogP contribution >= 0.6 is 0 Å². The van der Waals surface area contributed by atoms with Crippen molar-refractivity contribution in [2.24, 2.45) is 0 Å². The lowest BCUT2D eigenvalue weighted by Crippen LogP contribution is -2.47. The van der Waals surface area contributed by atoms with Gasteiger partial charge in [-0.25, -0.2) is 8.42 Å². The SMILES string of the molecule is C[C@]1(NC(=O)c2cc3ccccc3c(=O)[nH]2)CCS(=O)(=O)C1. The van der Waals surface area contributed by atoms with Crippen LogP contribution in [-0.4, -0.2) is 36.4 Å². The quantitative estimate of drug-likeness (QED) is 0.857. The third-order valence-corrected chi connectivity index (χ3v) is 5.82. The molecule has 0 bridgehead atoms. The first-order valence-corrected chi connectivity index (χ1v) is 8.75. The minimum absolute atomic E-state index is 0.0675. The van der Waals surface area contributed by atoms with E-state index in [9.17, 15) is 18.0 Å². The van der Waals surface area contributed by atoms with Crippen molar-refractivity contribution >= 4 is 26.5 Å². The molecule has 2 N–H and O–H groups in total. The average Bonchev–Trinajstić information content (AvgIpc) is 2.72. The molecule has 1 aliphatic heterocycles. The van der Waals surface area contributed by atoms with Crippen LogP contribution in [0.4, 0.5) is 0 Å². The maximum Gasteiger partial charge on any atom is 0.268 e. The minimum Gasteiger partial charge on any atom is -0.345 e. The van der Waals surface area contributed by atoms with Crippen molar-refractivity contribution in [1.82, 2.24) is 10.3 Å². The highest BCUT2D eigenvalue weighted by Gasteiger charge is 2.39. The van der Waals surface area contributed by atoms with Crippen LogP contribution in [0.3, 0.4) is 0 Å². The van der Waals surface area contributed by atoms with Gasteiger partial charge in [-0.2, -0.15) is 0 Å². The Hall–Kier alpha value is -2.15. The fourth-order valence-electron chi connectivity index (χ4n) is 2.78. The molecule has 1 fully saturated rings. The summed E-state index contributed by atoms with van der Waals surface area (Å²) in [5.41, 5.74) is -1.000. The molecule has 0 unspecified atom stereocenters. The predicted octanol–water partition coefficient (Wildman–Crippen LogP) is 0.835. The molecule has 0 aliphatic carbocycles. The number of benzene rings is 1. The summed E-state index contributed by atoms with van der Waals surface area (Å²) in [5.74, 6) is -0.482. The normalized spacial score (nSPS) is 23.5. The molecule has 0 radical (unpaired) electrons. The summed E-state index contributed by atoms with van der Waals surface area (Å²) < 4.78 is 23.2. The molecule has 6 nitrogen and oxygen atoms in total. The van der Waals surface area contributed by atoms with Gasteiger partial charge < -0.3 is 10.3 Å². The summed E-state index contributed by atoms with van der Waals surface area (Å²) in [4.78, 5) is 26.9. The van der Waals surface area contributed by atoms with Crippen LogP contribution in [0.25, 0.3) is 10.8 Å². The van der Waals surface area contributed by atoms with Gasteiger partial charge in [-0.15, -0.1) is 0 Å². The van der Waals surface area contributed by atoms with E-state index in [1.54, 1.807) is 37.3 Å². The van der Waals surface area contributed by atoms with E-state index >= 15 is 0 Å². The number of sulfone groups is 1. The number of hydrogen-bond acceptors (Lipinski definition) is 4. The van der Waals surface area contributed by atoms with Gasteiger partial charge in [0.1, 0.15) is 5.69 Å². The van der Waals surface area contributed by atoms with Gasteiger partial charge in [-0.1, -0.05) is 18.2 Å². The number of carbonyl (C=O) groups is 1. The van der Waals surface area contributed by atoms with Gasteiger partial charge in [0.15, 0.2) is 9.84 Å². The zero-order chi connectivity index (χ0) is 16.0. The number of fused-ring (bicyclic) bond motifs is 1. The van der Waals surface area contributed by atoms with E-state index in [0.29, 0.717) is 17.2 Å². The van der Waals surface area contributed by atoms with Gasteiger partial charge in [0, 0.05) is 5.39 Å². The topological polar surface area (TPSA) is 96.1 Å². The molecule has 22 heavy (non-hydrogen) atoms. The van der Waals surface area contributed by atoms with Crippen molar-refractivity contribution in [3.63, 3.8) is 0 Å². The number of H-pyrrole nitrogens is 1. The highest BCUT2D eigenvalue weighted by Crippen LogP contribution is 2.23. The lowest BCUT2D eigenvalue weighted by Gasteiger charge is -2.23. The number of amides is 1. The predicted molar refractivity (Wildman–Crippen MR) is 83.7 cm³/mol. The van der Waals surface area contributed by atoms with Crippen LogP contribution in [0.1, 0.15) is 23.8 Å². The third-order valence-electron chi connectivity index (χ3n) is 3.92. The summed E-state index contributed by atoms with van der Waals surface area (Å²) in [5, 5.41) is 3.91. The number of carbonyl (C=O) groups excluding carboxylic acids is 1. The highest BCUT2D eigenvalue weighted by molar-refractivity contribution is 7.91. The van der Waals surface area contributed by atoms with Gasteiger partial charge in [0.05, 0.1) is 17.0 Å². The summed E-state index contributed by atoms with van der Waals surface area (Å²) in [6.45, 7) is 1.70. The van der Waals surface area contributed by atoms with E-state index in [0.717, 1.165) is 0 Å². The van der Waals surface area contributed by atoms with Gasteiger partial charge in [0.2, 0.25) is 0 Å². The first kappa shape index (κ1) is 14.8. The Balaban J connectivity index is 1.92. The van der Waals surface area contributed by atoms with E-state index in [4.69, 9.17) is 0 Å². The van der Waals surface area contributed by atoms with Crippen LogP contribution < -0.4 is 10.9 Å². The van der Waals surface area contributed by atoms with E-state index < -0.39 is 21.3 Å². The molecule has 3 rings (SSSR count). The molecule has 0 saturated carbocycles. The standard InChI is InChI=1S/C15H16N2O4S/c1-15(6-7-22(20,21)9-15)17-14(19)12-8-10-4-2-3-5-11(10)13(18)16-12/h2-5,8H,6-7,9H2,1H3,(H,16,18)(H,17,19)/t15-/m0/s1. The van der Waals surface area contributed by atoms with Crippen LogP contribution in [0.15, 0.2) is 35.1 Å². The fraction of sp³-hybridized carbons (Fsp3) is 0.333. The highest BCUT2D eigenvalue weighted by atomic mass is 32.2. The third kappa shape index (κ3) is 2.76. The smallest absolute Gasteiger partial charge is 0.268 e. The first-order valence-electron chi connectivity index (χ1n) is 6.93. The maximum absolute atomic E-state index is 12.3. The van der Waals surface area contributed by atoms with Gasteiger partial charge in [0.25, 0.3) is 11.5 Å². The van der Waals surface area contributed by atoms with Crippen molar-refractivity contribution in [1.29, 1.82) is 0 Å². The molecule has 1 aliphatic rings. The second-order valence-corrected chi connectivity index (χ2v) is 8.14. The molecule has 116 valence electrons. The maximum atomic E-state index is 12.3. The van der Waals surface area contributed by atoms with Crippen molar-refractivity contribution in [2.75, 3.05) is 11.5 Å². The Kier molecular flexibility index (Phi) is 3.32. The van der Waals surface area contributed by atoms with Crippen molar-refractivity contribution in [2.45, 2.75) is 18.9 Å². The molecule has 1 amide bonds. The number of aromatic nitrogens is 1. The van der Waals surface area contributed by atoms with E-state index in [1.807, 2.05) is 0 Å². The molecular formula is C15H16N2O4S. The van der Waals surface area contributed by atoms with Crippen molar-refractivity contribution < 1.29 is 13.2 Å². The van der Waals surface area contributed by atoms with Crippen molar-refractivity contribution in [3.05, 3.63) is 46.4 Å². The number of pyridine rings is 1. The zero-order valence-electron chi connectivity index (χ0n) is 12.0. The Morgan fingerprint density at radius 3 is 2.73 bits per heavy atom. The molecule has 2 heterocycles. The summed E-state index contributed by atoms with van der Waals surface area (Å²) in [6.07, 6.45) is 0.374. The van der Waals surface area contributed by atoms with Crippen LogP contribution in [0.5, 0.6) is 0 Å². The Morgan fingerprint density at radius 2 is 2.05 bits per heavy atom. The lowest BCUT2D eigenvalue weighted by atomic mass is 10.0. The largest absolute Gasteiger partial charge is 0.345 e. The Labute approximate surface area is 127 Å². The van der Waals surface area contributed by atoms with E-state index in [1.165, 1.54) is 0 Å². The average molecular weight is 320 g/mol. The second-order valence-electron chi connectivity index (χ2n) is 5.96. The molecule has 1 aromatic heterocycles. The molecule has 0 spiro atoms. The second kappa shape index (κ2) is 4.95. The molecular weight excluding hydrogens is 304 g/mol. The summed E-state index contributed by atoms with van der Waals surface area (Å²) in [7, 11) is -3.11. The molecule has 2 aromatic rings. The monoisotopic (exact) mass is 320 g/mol. The zero-order valence-corrected chi connectivity index (χ0v) is 12.9. The van der Waals surface area contributed by atoms with E-state index in [-0.39, 0.29) is 22.8 Å². The van der Waals surface area contributed by atoms with Crippen LogP contribution in [0, 0.1) is 0 Å². The Bertz CT molecular complexity index is 917. The van der Waals surface area contributed by atoms with Gasteiger partial charge >= 0.3 is 0 Å². The van der Waals surface area contributed by atoms with Crippen molar-refractivity contribution in [3.8, 4) is 0 Å². The summed E-state index contributed by atoms with van der Waals surface area (Å²) in [6, 6.07) is 8.57. The summed E-state index contributed by atoms with van der Waals surface area (Å²) >= 11 is 0.